The Balaban J connectivity index is 0. The van der Waals surface area contributed by atoms with Crippen LogP contribution in [0.5, 0.6) is 0 Å². The van der Waals surface area contributed by atoms with Gasteiger partial charge in [0.15, 0.2) is 20.0 Å². The van der Waals surface area contributed by atoms with Gasteiger partial charge in [-0.25, -0.2) is 16.8 Å². The van der Waals surface area contributed by atoms with Gasteiger partial charge in [-0.15, -0.1) is 0 Å². The van der Waals surface area contributed by atoms with Gasteiger partial charge in [0, 0.05) is 13.0 Å². The first-order valence-corrected chi connectivity index (χ1v) is 13.8. The molecule has 0 rings (SSSR count). The fourth-order valence-corrected chi connectivity index (χ4v) is 4.16. The third kappa shape index (κ3) is 18.8. The Morgan fingerprint density at radius 3 is 1.51 bits per heavy atom. The van der Waals surface area contributed by atoms with Crippen LogP contribution in [-0.4, -0.2) is 79.1 Å². The van der Waals surface area contributed by atoms with Crippen molar-refractivity contribution in [2.75, 3.05) is 41.3 Å². The van der Waals surface area contributed by atoms with E-state index in [4.69, 9.17) is 0 Å². The van der Waals surface area contributed by atoms with Crippen molar-refractivity contribution in [2.24, 2.45) is 0 Å². The van der Waals surface area contributed by atoms with Crippen molar-refractivity contribution in [2.45, 2.75) is 68.8 Å². The monoisotopic (exact) mass is 565 g/mol. The minimum Gasteiger partial charge on any atom is -0.513 e. The summed E-state index contributed by atoms with van der Waals surface area (Å²) in [7, 11) is -4.96. The van der Waals surface area contributed by atoms with Gasteiger partial charge in [-0.3, -0.25) is 0 Å². The number of aliphatic hydroxyl groups is 1. The molecule has 0 aromatic heterocycles. The molecule has 0 saturated carbocycles. The molecule has 212 valence electrons. The lowest BCUT2D eigenvalue weighted by Crippen LogP contribution is -3.05. The molecule has 0 aliphatic carbocycles. The molecule has 0 saturated heterocycles. The van der Waals surface area contributed by atoms with Crippen LogP contribution in [0.3, 0.4) is 0 Å². The van der Waals surface area contributed by atoms with E-state index < -0.39 is 31.1 Å². The number of rotatable bonds is 15. The summed E-state index contributed by atoms with van der Waals surface area (Å²) < 4.78 is 109. The molecule has 2 N–H and O–H groups in total. The van der Waals surface area contributed by atoms with Crippen molar-refractivity contribution in [1.29, 1.82) is 0 Å². The van der Waals surface area contributed by atoms with Crippen LogP contribution in [0.2, 0.25) is 0 Å². The van der Waals surface area contributed by atoms with E-state index in [9.17, 15) is 48.3 Å². The number of likely N-dealkylation sites (N-methyl/N-ethyl adjacent to an activating group) is 1. The molecule has 8 nitrogen and oxygen atoms in total. The Bertz CT molecular complexity index is 770. The third-order valence-corrected chi connectivity index (χ3v) is 7.07. The highest BCUT2D eigenvalue weighted by molar-refractivity contribution is 8.13. The quantitative estimate of drug-likeness (QED) is 0.178. The highest BCUT2D eigenvalue weighted by Crippen LogP contribution is 2.36. The number of quaternary nitrogens is 1. The average Bonchev–Trinajstić information content (AvgIpc) is 2.65. The zero-order valence-electron chi connectivity index (χ0n) is 20.4. The molecular weight excluding hydrogens is 528 g/mol. The van der Waals surface area contributed by atoms with Gasteiger partial charge in [0.25, 0.3) is 0 Å². The SMILES string of the molecule is CN(C)CC=C(O)CCCCCCCCCC[NH+](C)C.O=S(=O)([N-]S(=O)(=O)C(F)(F)F)C(F)(F)F. The molecule has 0 spiro atoms. The molecule has 0 radical (unpaired) electrons. The van der Waals surface area contributed by atoms with Crippen LogP contribution in [0.25, 0.3) is 4.13 Å². The van der Waals surface area contributed by atoms with Crippen molar-refractivity contribution in [3.8, 4) is 0 Å². The number of halogens is 6. The number of allylic oxidation sites excluding steroid dienone is 1. The van der Waals surface area contributed by atoms with E-state index in [0.717, 1.165) is 23.5 Å². The summed E-state index contributed by atoms with van der Waals surface area (Å²) in [5, 5.41) is 9.68. The van der Waals surface area contributed by atoms with Crippen LogP contribution in [0.15, 0.2) is 11.8 Å². The minimum absolute atomic E-state index is 0.560. The standard InChI is InChI=1S/C17H36N2O.C2F6NO4S2/c1-18(2)15-12-10-8-6-5-7-9-11-13-17(20)14-16-19(3)4;3-1(4,5)14(10,11)9-15(12,13)2(6,7)8/h14,20H,5-13,15-16H2,1-4H3;/q;-1/p+1. The molecule has 0 atom stereocenters. The first-order valence-electron chi connectivity index (χ1n) is 10.9. The summed E-state index contributed by atoms with van der Waals surface area (Å²) in [5.74, 6) is 0.560. The average molecular weight is 566 g/mol. The molecule has 0 fully saturated rings. The van der Waals surface area contributed by atoms with Crippen LogP contribution in [-0.2, 0) is 20.0 Å². The second-order valence-electron chi connectivity index (χ2n) is 8.41. The fourth-order valence-electron chi connectivity index (χ4n) is 2.45. The summed E-state index contributed by atoms with van der Waals surface area (Å²) in [6.07, 6.45) is 13.4. The molecular formula is C19H37F6N3O5S2. The lowest BCUT2D eigenvalue weighted by Gasteiger charge is -2.22. The van der Waals surface area contributed by atoms with Gasteiger partial charge >= 0.3 is 11.0 Å². The molecule has 0 unspecified atom stereocenters. The first kappa shape index (κ1) is 36.1. The number of nitrogens with zero attached hydrogens (tertiary/aromatic N) is 2. The predicted octanol–water partition coefficient (Wildman–Crippen LogP) is 3.70. The zero-order chi connectivity index (χ0) is 27.9. The molecule has 0 heterocycles. The molecule has 0 aliphatic rings. The number of alkyl halides is 6. The summed E-state index contributed by atoms with van der Waals surface area (Å²) in [4.78, 5) is 3.63. The Kier molecular flexibility index (Phi) is 17.1. The maximum absolute atomic E-state index is 11.4. The van der Waals surface area contributed by atoms with E-state index >= 15 is 0 Å². The lowest BCUT2D eigenvalue weighted by molar-refractivity contribution is -0.858. The summed E-state index contributed by atoms with van der Waals surface area (Å²) in [6, 6.07) is 0. The number of unbranched alkanes of at least 4 members (excludes halogenated alkanes) is 7. The van der Waals surface area contributed by atoms with Gasteiger partial charge in [-0.1, -0.05) is 32.1 Å². The summed E-state index contributed by atoms with van der Waals surface area (Å²) in [6.45, 7) is 2.14. The van der Waals surface area contributed by atoms with Crippen molar-refractivity contribution < 1.29 is 53.2 Å². The zero-order valence-corrected chi connectivity index (χ0v) is 22.0. The predicted molar refractivity (Wildman–Crippen MR) is 122 cm³/mol. The van der Waals surface area contributed by atoms with E-state index in [-0.39, 0.29) is 0 Å². The molecule has 0 aliphatic heterocycles. The van der Waals surface area contributed by atoms with Crippen LogP contribution in [0.4, 0.5) is 26.3 Å². The van der Waals surface area contributed by atoms with E-state index in [2.05, 4.69) is 19.0 Å². The van der Waals surface area contributed by atoms with E-state index in [1.54, 1.807) is 4.90 Å². The molecule has 0 aromatic rings. The molecule has 0 aromatic carbocycles. The van der Waals surface area contributed by atoms with E-state index in [1.165, 1.54) is 51.5 Å². The number of hydrogen-bond donors (Lipinski definition) is 2. The number of sulfonamides is 2. The Morgan fingerprint density at radius 2 is 1.17 bits per heavy atom. The largest absolute Gasteiger partial charge is 0.513 e. The second-order valence-corrected chi connectivity index (χ2v) is 11.8. The van der Waals surface area contributed by atoms with Gasteiger partial charge in [0.1, 0.15) is 0 Å². The summed E-state index contributed by atoms with van der Waals surface area (Å²) >= 11 is 0. The van der Waals surface area contributed by atoms with Crippen molar-refractivity contribution in [3.63, 3.8) is 0 Å². The normalized spacial score (nSPS) is 13.8. The Hall–Kier alpha value is -1.10. The van der Waals surface area contributed by atoms with E-state index in [1.807, 2.05) is 20.2 Å². The third-order valence-electron chi connectivity index (χ3n) is 4.33. The maximum Gasteiger partial charge on any atom is 0.480 e. The number of hydrogen-bond acceptors (Lipinski definition) is 6. The van der Waals surface area contributed by atoms with Crippen molar-refractivity contribution in [1.82, 2.24) is 4.90 Å². The highest BCUT2D eigenvalue weighted by atomic mass is 32.3. The topological polar surface area (TPSA) is 110 Å². The van der Waals surface area contributed by atoms with Crippen LogP contribution in [0, 0.1) is 0 Å². The summed E-state index contributed by atoms with van der Waals surface area (Å²) in [5.41, 5.74) is -12.4. The first-order chi connectivity index (χ1) is 15.7. The number of aliphatic hydroxyl groups excluding tert-OH is 1. The minimum atomic E-state index is -6.72. The van der Waals surface area contributed by atoms with Crippen LogP contribution < -0.4 is 4.90 Å². The van der Waals surface area contributed by atoms with Gasteiger partial charge in [0.05, 0.1) is 26.4 Å². The molecule has 35 heavy (non-hydrogen) atoms. The van der Waals surface area contributed by atoms with Gasteiger partial charge < -0.3 is 19.0 Å². The van der Waals surface area contributed by atoms with Gasteiger partial charge in [0.2, 0.25) is 0 Å². The van der Waals surface area contributed by atoms with Gasteiger partial charge in [-0.05, 0) is 39.4 Å². The van der Waals surface area contributed by atoms with Crippen molar-refractivity contribution in [3.05, 3.63) is 16.0 Å². The van der Waals surface area contributed by atoms with Gasteiger partial charge in [-0.2, -0.15) is 26.3 Å². The Morgan fingerprint density at radius 1 is 0.800 bits per heavy atom. The van der Waals surface area contributed by atoms with Crippen molar-refractivity contribution >= 4 is 20.0 Å². The highest BCUT2D eigenvalue weighted by Gasteiger charge is 2.46. The Labute approximate surface area is 204 Å². The molecule has 16 heteroatoms. The van der Waals surface area contributed by atoms with E-state index in [0.29, 0.717) is 5.76 Å². The van der Waals surface area contributed by atoms with Crippen LogP contribution >= 0.6 is 0 Å². The molecule has 0 amide bonds. The lowest BCUT2D eigenvalue weighted by atomic mass is 10.1. The molecule has 0 bridgehead atoms. The van der Waals surface area contributed by atoms with Crippen LogP contribution in [0.1, 0.15) is 57.8 Å². The second kappa shape index (κ2) is 16.6. The number of nitrogens with one attached hydrogen (secondary N) is 1. The fraction of sp³-hybridized carbons (Fsp3) is 0.895. The smallest absolute Gasteiger partial charge is 0.480 e. The maximum atomic E-state index is 11.4.